The number of hydrogen-bond acceptors (Lipinski definition) is 6. The van der Waals surface area contributed by atoms with Gasteiger partial charge < -0.3 is 15.0 Å². The quantitative estimate of drug-likeness (QED) is 0.432. The monoisotopic (exact) mass is 430 g/mol. The molecule has 0 amide bonds. The summed E-state index contributed by atoms with van der Waals surface area (Å²) >= 11 is 1.65. The summed E-state index contributed by atoms with van der Waals surface area (Å²) < 4.78 is 6.18. The molecule has 0 atom stereocenters. The Morgan fingerprint density at radius 2 is 2.14 bits per heavy atom. The number of rotatable bonds is 7. The van der Waals surface area contributed by atoms with Crippen molar-refractivity contribution in [2.24, 2.45) is 0 Å². The third-order valence-electron chi connectivity index (χ3n) is 4.67. The van der Waals surface area contributed by atoms with Crippen molar-refractivity contribution in [1.82, 2.24) is 20.3 Å². The summed E-state index contributed by atoms with van der Waals surface area (Å²) in [6.45, 7) is 4.30. The highest BCUT2D eigenvalue weighted by Crippen LogP contribution is 2.25. The van der Waals surface area contributed by atoms with E-state index in [4.69, 9.17) is 9.72 Å². The van der Waals surface area contributed by atoms with Gasteiger partial charge in [0.05, 0.1) is 10.9 Å². The molecule has 0 aliphatic carbocycles. The molecule has 0 spiro atoms. The number of nitrogens with zero attached hydrogens (tertiary/aromatic N) is 2. The zero-order valence-corrected chi connectivity index (χ0v) is 18.0. The van der Waals surface area contributed by atoms with E-state index < -0.39 is 0 Å². The molecule has 1 aromatic carbocycles. The number of methoxy groups -OCH3 is 1. The molecule has 0 unspecified atom stereocenters. The van der Waals surface area contributed by atoms with Crippen LogP contribution in [0.25, 0.3) is 32.5 Å². The summed E-state index contributed by atoms with van der Waals surface area (Å²) in [6.07, 6.45) is 2.77. The summed E-state index contributed by atoms with van der Waals surface area (Å²) in [7, 11) is 1.70. The Morgan fingerprint density at radius 3 is 2.97 bits per heavy atom. The van der Waals surface area contributed by atoms with Crippen LogP contribution in [0.2, 0.25) is 0 Å². The molecule has 0 radical (unpaired) electrons. The van der Waals surface area contributed by atoms with Gasteiger partial charge in [-0.05, 0) is 54.6 Å². The van der Waals surface area contributed by atoms with E-state index in [1.54, 1.807) is 18.4 Å². The van der Waals surface area contributed by atoms with Crippen LogP contribution in [-0.2, 0) is 11.3 Å². The van der Waals surface area contributed by atoms with Crippen LogP contribution in [-0.4, -0.2) is 35.2 Å². The fourth-order valence-electron chi connectivity index (χ4n) is 3.27. The zero-order chi connectivity index (χ0) is 19.5. The van der Waals surface area contributed by atoms with Crippen molar-refractivity contribution < 1.29 is 4.74 Å². The van der Waals surface area contributed by atoms with Crippen LogP contribution >= 0.6 is 23.7 Å². The zero-order valence-electron chi connectivity index (χ0n) is 16.3. The molecule has 4 rings (SSSR count). The molecule has 0 saturated heterocycles. The van der Waals surface area contributed by atoms with Crippen molar-refractivity contribution in [3.63, 3.8) is 0 Å². The fourth-order valence-corrected chi connectivity index (χ4v) is 4.07. The van der Waals surface area contributed by atoms with E-state index in [2.05, 4.69) is 21.4 Å². The van der Waals surface area contributed by atoms with E-state index in [1.807, 2.05) is 36.7 Å². The van der Waals surface area contributed by atoms with Gasteiger partial charge in [0.25, 0.3) is 5.56 Å². The van der Waals surface area contributed by atoms with Crippen molar-refractivity contribution in [1.29, 1.82) is 0 Å². The van der Waals surface area contributed by atoms with Crippen LogP contribution in [0, 0.1) is 6.92 Å². The molecular formula is C21H23ClN4O2S. The summed E-state index contributed by atoms with van der Waals surface area (Å²) in [6, 6.07) is 8.00. The number of aryl methyl sites for hydroxylation is 1. The summed E-state index contributed by atoms with van der Waals surface area (Å²) in [4.78, 5) is 24.8. The highest BCUT2D eigenvalue weighted by Gasteiger charge is 2.11. The molecule has 6 nitrogen and oxygen atoms in total. The van der Waals surface area contributed by atoms with Gasteiger partial charge in [0.15, 0.2) is 5.82 Å². The topological polar surface area (TPSA) is 79.9 Å². The Balaban J connectivity index is 0.00000240. The molecule has 0 bridgehead atoms. The van der Waals surface area contributed by atoms with Gasteiger partial charge in [-0.2, -0.15) is 0 Å². The first-order valence-corrected chi connectivity index (χ1v) is 10.1. The predicted molar refractivity (Wildman–Crippen MR) is 121 cm³/mol. The Labute approximate surface area is 178 Å². The lowest BCUT2D eigenvalue weighted by atomic mass is 10.1. The van der Waals surface area contributed by atoms with Crippen LogP contribution < -0.4 is 10.9 Å². The van der Waals surface area contributed by atoms with Crippen molar-refractivity contribution in [2.75, 3.05) is 20.3 Å². The van der Waals surface area contributed by atoms with Crippen LogP contribution in [0.5, 0.6) is 0 Å². The van der Waals surface area contributed by atoms with Gasteiger partial charge in [-0.1, -0.05) is 6.07 Å². The van der Waals surface area contributed by atoms with Gasteiger partial charge >= 0.3 is 0 Å². The van der Waals surface area contributed by atoms with E-state index in [0.717, 1.165) is 46.3 Å². The number of aromatic nitrogens is 3. The molecular weight excluding hydrogens is 408 g/mol. The van der Waals surface area contributed by atoms with Crippen LogP contribution in [0.15, 0.2) is 40.6 Å². The molecule has 3 heterocycles. The number of H-pyrrole nitrogens is 1. The first-order chi connectivity index (χ1) is 13.7. The Bertz CT molecular complexity index is 1190. The number of aromatic amines is 1. The molecule has 8 heteroatoms. The van der Waals surface area contributed by atoms with Gasteiger partial charge in [-0.25, -0.2) is 4.98 Å². The smallest absolute Gasteiger partial charge is 0.259 e. The molecule has 2 N–H and O–H groups in total. The van der Waals surface area contributed by atoms with E-state index in [9.17, 15) is 4.79 Å². The normalized spacial score (nSPS) is 11.1. The highest BCUT2D eigenvalue weighted by molar-refractivity contribution is 7.17. The molecule has 4 aromatic rings. The SMILES string of the molecule is COCCCNCc1cc(C)c2nc(-c3cc4sccc4cn3)[nH]c(=O)c2c1.Cl. The average molecular weight is 431 g/mol. The van der Waals surface area contributed by atoms with E-state index >= 15 is 0 Å². The second-order valence-corrected chi connectivity index (χ2v) is 7.72. The van der Waals surface area contributed by atoms with Gasteiger partial charge in [0.2, 0.25) is 0 Å². The molecule has 0 saturated carbocycles. The van der Waals surface area contributed by atoms with Crippen molar-refractivity contribution in [2.45, 2.75) is 19.9 Å². The summed E-state index contributed by atoms with van der Waals surface area (Å²) in [5.74, 6) is 0.501. The summed E-state index contributed by atoms with van der Waals surface area (Å²) in [5, 5.41) is 7.11. The van der Waals surface area contributed by atoms with Crippen molar-refractivity contribution in [3.05, 3.63) is 57.3 Å². The van der Waals surface area contributed by atoms with E-state index in [-0.39, 0.29) is 18.0 Å². The van der Waals surface area contributed by atoms with Crippen molar-refractivity contribution >= 4 is 44.7 Å². The standard InChI is InChI=1S/C21H22N4O2S.ClH/c1-13-8-14(11-22-5-3-6-27-2)9-16-19(13)24-20(25-21(16)26)17-10-18-15(12-23-17)4-7-28-18;/h4,7-10,12,22H,3,5-6,11H2,1-2H3,(H,24,25,26);1H. The van der Waals surface area contributed by atoms with Gasteiger partial charge in [-0.15, -0.1) is 23.7 Å². The molecule has 3 aromatic heterocycles. The molecule has 0 fully saturated rings. The maximum Gasteiger partial charge on any atom is 0.259 e. The fraction of sp³-hybridized carbons (Fsp3) is 0.286. The van der Waals surface area contributed by atoms with Crippen molar-refractivity contribution in [3.8, 4) is 11.5 Å². The first-order valence-electron chi connectivity index (χ1n) is 9.22. The number of ether oxygens (including phenoxy) is 1. The molecule has 152 valence electrons. The van der Waals surface area contributed by atoms with E-state index in [0.29, 0.717) is 23.4 Å². The van der Waals surface area contributed by atoms with Gasteiger partial charge in [0.1, 0.15) is 5.69 Å². The van der Waals surface area contributed by atoms with Crippen LogP contribution in [0.4, 0.5) is 0 Å². The number of pyridine rings is 1. The number of benzene rings is 1. The Kier molecular flexibility index (Phi) is 6.97. The minimum atomic E-state index is -0.141. The Hall–Kier alpha value is -2.32. The van der Waals surface area contributed by atoms with E-state index in [1.165, 1.54) is 0 Å². The first kappa shape index (κ1) is 21.4. The number of thiophene rings is 1. The van der Waals surface area contributed by atoms with Crippen LogP contribution in [0.1, 0.15) is 17.5 Å². The maximum atomic E-state index is 12.7. The number of fused-ring (bicyclic) bond motifs is 2. The highest BCUT2D eigenvalue weighted by atomic mass is 35.5. The number of nitrogens with one attached hydrogen (secondary N) is 2. The second-order valence-electron chi connectivity index (χ2n) is 6.77. The minimum absolute atomic E-state index is 0. The maximum absolute atomic E-state index is 12.7. The third kappa shape index (κ3) is 4.64. The third-order valence-corrected chi connectivity index (χ3v) is 5.55. The predicted octanol–water partition coefficient (Wildman–Crippen LogP) is 4.06. The largest absolute Gasteiger partial charge is 0.385 e. The van der Waals surface area contributed by atoms with Crippen LogP contribution in [0.3, 0.4) is 0 Å². The van der Waals surface area contributed by atoms with Gasteiger partial charge in [-0.3, -0.25) is 9.78 Å². The average Bonchev–Trinajstić information content (AvgIpc) is 3.16. The Morgan fingerprint density at radius 1 is 1.28 bits per heavy atom. The summed E-state index contributed by atoms with van der Waals surface area (Å²) in [5.41, 5.74) is 3.31. The molecule has 29 heavy (non-hydrogen) atoms. The number of hydrogen-bond donors (Lipinski definition) is 2. The lowest BCUT2D eigenvalue weighted by Gasteiger charge is -2.09. The second kappa shape index (κ2) is 9.45. The lowest BCUT2D eigenvalue weighted by Crippen LogP contribution is -2.17. The number of halogens is 1. The lowest BCUT2D eigenvalue weighted by molar-refractivity contribution is 0.194. The van der Waals surface area contributed by atoms with Gasteiger partial charge in [0, 0.05) is 36.5 Å². The molecule has 0 aliphatic heterocycles. The minimum Gasteiger partial charge on any atom is -0.385 e. The molecule has 0 aliphatic rings.